The molecule has 0 unspecified atom stereocenters. The van der Waals surface area contributed by atoms with Gasteiger partial charge in [-0.2, -0.15) is 0 Å². The monoisotopic (exact) mass is 323 g/mol. The van der Waals surface area contributed by atoms with Crippen molar-refractivity contribution in [2.75, 3.05) is 6.54 Å². The van der Waals surface area contributed by atoms with E-state index in [1.54, 1.807) is 0 Å². The van der Waals surface area contributed by atoms with E-state index in [-0.39, 0.29) is 17.4 Å². The van der Waals surface area contributed by atoms with Crippen LogP contribution in [0.25, 0.3) is 11.0 Å². The number of hydrogen-bond donors (Lipinski definition) is 1. The van der Waals surface area contributed by atoms with E-state index in [2.05, 4.69) is 14.9 Å². The van der Waals surface area contributed by atoms with E-state index in [4.69, 9.17) is 0 Å². The Bertz CT molecular complexity index is 920. The van der Waals surface area contributed by atoms with Crippen molar-refractivity contribution in [3.63, 3.8) is 0 Å². The highest BCUT2D eigenvalue weighted by molar-refractivity contribution is 5.73. The first-order valence-corrected chi connectivity index (χ1v) is 8.18. The number of nitrogens with zero attached hydrogens (tertiary/aromatic N) is 2. The molecule has 4 nitrogen and oxygen atoms in total. The van der Waals surface area contributed by atoms with E-state index in [1.165, 1.54) is 12.1 Å². The minimum absolute atomic E-state index is 0.140. The standard InChI is InChI=1S/C19H18FN3O/c20-14-9-7-13(8-10-14)18-6-3-11-23(18)12-17-19(24)22-16-5-2-1-4-15(16)21-17/h1-2,4-5,7-10,18H,3,6,11-12H2,(H,22,24)/t18-/m0/s1. The smallest absolute Gasteiger partial charge is 0.271 e. The van der Waals surface area contributed by atoms with Gasteiger partial charge in [0.2, 0.25) is 0 Å². The van der Waals surface area contributed by atoms with E-state index in [0.29, 0.717) is 12.2 Å². The number of fused-ring (bicyclic) bond motifs is 1. The summed E-state index contributed by atoms with van der Waals surface area (Å²) in [7, 11) is 0. The fourth-order valence-corrected chi connectivity index (χ4v) is 3.44. The molecule has 1 aromatic heterocycles. The highest BCUT2D eigenvalue weighted by atomic mass is 19.1. The predicted molar refractivity (Wildman–Crippen MR) is 91.1 cm³/mol. The molecule has 0 amide bonds. The first-order chi connectivity index (χ1) is 11.7. The lowest BCUT2D eigenvalue weighted by Gasteiger charge is -2.24. The van der Waals surface area contributed by atoms with Crippen LogP contribution in [0.4, 0.5) is 4.39 Å². The highest BCUT2D eigenvalue weighted by Crippen LogP contribution is 2.32. The molecule has 0 aliphatic carbocycles. The number of nitrogens with one attached hydrogen (secondary N) is 1. The van der Waals surface area contributed by atoms with Gasteiger partial charge in [-0.25, -0.2) is 9.37 Å². The van der Waals surface area contributed by atoms with Crippen LogP contribution in [0, 0.1) is 5.82 Å². The van der Waals surface area contributed by atoms with Crippen molar-refractivity contribution in [3.05, 3.63) is 76.0 Å². The van der Waals surface area contributed by atoms with Crippen molar-refractivity contribution in [1.29, 1.82) is 0 Å². The van der Waals surface area contributed by atoms with Gasteiger partial charge in [0.1, 0.15) is 11.5 Å². The van der Waals surface area contributed by atoms with E-state index in [1.807, 2.05) is 36.4 Å². The molecule has 1 N–H and O–H groups in total. The van der Waals surface area contributed by atoms with Crippen LogP contribution in [-0.2, 0) is 6.54 Å². The van der Waals surface area contributed by atoms with Gasteiger partial charge in [0.25, 0.3) is 5.56 Å². The van der Waals surface area contributed by atoms with Gasteiger partial charge in [-0.15, -0.1) is 0 Å². The molecule has 3 aromatic rings. The van der Waals surface area contributed by atoms with Gasteiger partial charge in [0.05, 0.1) is 11.0 Å². The molecule has 2 aromatic carbocycles. The molecule has 0 spiro atoms. The Labute approximate surface area is 139 Å². The van der Waals surface area contributed by atoms with E-state index in [9.17, 15) is 9.18 Å². The van der Waals surface area contributed by atoms with Gasteiger partial charge in [-0.3, -0.25) is 9.69 Å². The zero-order chi connectivity index (χ0) is 16.5. The predicted octanol–water partition coefficient (Wildman–Crippen LogP) is 3.40. The summed E-state index contributed by atoms with van der Waals surface area (Å²) in [4.78, 5) is 22.0. The van der Waals surface area contributed by atoms with Crippen molar-refractivity contribution in [2.24, 2.45) is 0 Å². The topological polar surface area (TPSA) is 49.0 Å². The zero-order valence-corrected chi connectivity index (χ0v) is 13.2. The fraction of sp³-hybridized carbons (Fsp3) is 0.263. The lowest BCUT2D eigenvalue weighted by atomic mass is 10.0. The van der Waals surface area contributed by atoms with Gasteiger partial charge in [-0.05, 0) is 49.2 Å². The molecule has 1 saturated heterocycles. The van der Waals surface area contributed by atoms with Crippen LogP contribution in [-0.4, -0.2) is 21.4 Å². The molecule has 1 atom stereocenters. The summed E-state index contributed by atoms with van der Waals surface area (Å²) in [6.45, 7) is 1.41. The Hall–Kier alpha value is -2.53. The normalized spacial score (nSPS) is 18.3. The number of para-hydroxylation sites is 2. The Morgan fingerprint density at radius 2 is 1.96 bits per heavy atom. The Morgan fingerprint density at radius 3 is 2.79 bits per heavy atom. The van der Waals surface area contributed by atoms with Gasteiger partial charge >= 0.3 is 0 Å². The Balaban J connectivity index is 1.63. The van der Waals surface area contributed by atoms with Gasteiger partial charge in [0.15, 0.2) is 0 Å². The van der Waals surface area contributed by atoms with Crippen LogP contribution >= 0.6 is 0 Å². The minimum atomic E-state index is -0.226. The van der Waals surface area contributed by atoms with Gasteiger partial charge in [-0.1, -0.05) is 24.3 Å². The van der Waals surface area contributed by atoms with E-state index < -0.39 is 0 Å². The number of rotatable bonds is 3. The molecule has 0 radical (unpaired) electrons. The third-order valence-corrected chi connectivity index (χ3v) is 4.64. The lowest BCUT2D eigenvalue weighted by Crippen LogP contribution is -2.28. The lowest BCUT2D eigenvalue weighted by molar-refractivity contribution is 0.244. The van der Waals surface area contributed by atoms with Crippen LogP contribution in [0.3, 0.4) is 0 Å². The molecule has 0 bridgehead atoms. The SMILES string of the molecule is O=c1[nH]c2ccccc2nc1CN1CCC[C@H]1c1ccc(F)cc1. The molecule has 122 valence electrons. The average Bonchev–Trinajstić information content (AvgIpc) is 3.04. The van der Waals surface area contributed by atoms with Crippen LogP contribution < -0.4 is 5.56 Å². The number of aromatic nitrogens is 2. The maximum absolute atomic E-state index is 13.1. The molecular weight excluding hydrogens is 305 g/mol. The number of benzene rings is 2. The quantitative estimate of drug-likeness (QED) is 0.804. The van der Waals surface area contributed by atoms with Crippen LogP contribution in [0.15, 0.2) is 53.3 Å². The van der Waals surface area contributed by atoms with Crippen molar-refractivity contribution in [1.82, 2.24) is 14.9 Å². The maximum atomic E-state index is 13.1. The molecule has 1 fully saturated rings. The summed E-state index contributed by atoms with van der Waals surface area (Å²) in [6.07, 6.45) is 2.07. The highest BCUT2D eigenvalue weighted by Gasteiger charge is 2.27. The number of likely N-dealkylation sites (tertiary alicyclic amines) is 1. The first-order valence-electron chi connectivity index (χ1n) is 8.18. The second-order valence-corrected chi connectivity index (χ2v) is 6.21. The molecule has 5 heteroatoms. The van der Waals surface area contributed by atoms with Crippen molar-refractivity contribution in [2.45, 2.75) is 25.4 Å². The molecule has 1 aliphatic heterocycles. The molecule has 1 aliphatic rings. The first kappa shape index (κ1) is 15.0. The van der Waals surface area contributed by atoms with Crippen LogP contribution in [0.1, 0.15) is 30.1 Å². The van der Waals surface area contributed by atoms with Gasteiger partial charge < -0.3 is 4.98 Å². The third kappa shape index (κ3) is 2.83. The van der Waals surface area contributed by atoms with Crippen LogP contribution in [0.2, 0.25) is 0 Å². The molecular formula is C19H18FN3O. The number of hydrogen-bond acceptors (Lipinski definition) is 3. The van der Waals surface area contributed by atoms with Crippen molar-refractivity contribution in [3.8, 4) is 0 Å². The molecule has 4 rings (SSSR count). The summed E-state index contributed by atoms with van der Waals surface area (Å²) in [5.41, 5.74) is 3.03. The summed E-state index contributed by atoms with van der Waals surface area (Å²) < 4.78 is 13.1. The van der Waals surface area contributed by atoms with Crippen molar-refractivity contribution >= 4 is 11.0 Å². The molecule has 0 saturated carbocycles. The second-order valence-electron chi connectivity index (χ2n) is 6.21. The second kappa shape index (κ2) is 6.17. The summed E-state index contributed by atoms with van der Waals surface area (Å²) in [5.74, 6) is -0.226. The van der Waals surface area contributed by atoms with Gasteiger partial charge in [0, 0.05) is 12.6 Å². The third-order valence-electron chi connectivity index (χ3n) is 4.64. The van der Waals surface area contributed by atoms with E-state index >= 15 is 0 Å². The van der Waals surface area contributed by atoms with Crippen LogP contribution in [0.5, 0.6) is 0 Å². The maximum Gasteiger partial charge on any atom is 0.271 e. The zero-order valence-electron chi connectivity index (χ0n) is 13.2. The summed E-state index contributed by atoms with van der Waals surface area (Å²) >= 11 is 0. The summed E-state index contributed by atoms with van der Waals surface area (Å²) in [5, 5.41) is 0. The number of halogens is 1. The number of aromatic amines is 1. The average molecular weight is 323 g/mol. The Kier molecular flexibility index (Phi) is 3.86. The largest absolute Gasteiger partial charge is 0.319 e. The molecule has 2 heterocycles. The minimum Gasteiger partial charge on any atom is -0.319 e. The molecule has 24 heavy (non-hydrogen) atoms. The number of H-pyrrole nitrogens is 1. The fourth-order valence-electron chi connectivity index (χ4n) is 3.44. The Morgan fingerprint density at radius 1 is 1.17 bits per heavy atom. The van der Waals surface area contributed by atoms with Crippen molar-refractivity contribution < 1.29 is 4.39 Å². The van der Waals surface area contributed by atoms with E-state index in [0.717, 1.165) is 36.0 Å². The summed E-state index contributed by atoms with van der Waals surface area (Å²) in [6, 6.07) is 14.4.